The minimum atomic E-state index is -0.491. The molecule has 0 unspecified atom stereocenters. The van der Waals surface area contributed by atoms with E-state index >= 15 is 0 Å². The lowest BCUT2D eigenvalue weighted by atomic mass is 9.68. The molecule has 0 aliphatic heterocycles. The fourth-order valence-electron chi connectivity index (χ4n) is 6.12. The van der Waals surface area contributed by atoms with E-state index in [0.29, 0.717) is 0 Å². The summed E-state index contributed by atoms with van der Waals surface area (Å²) in [7, 11) is 0. The highest BCUT2D eigenvalue weighted by Crippen LogP contribution is 2.56. The molecule has 11 heteroatoms. The van der Waals surface area contributed by atoms with Crippen molar-refractivity contribution >= 4 is 0 Å². The maximum absolute atomic E-state index is 10.4. The van der Waals surface area contributed by atoms with E-state index in [0.717, 1.165) is 28.2 Å². The number of hydrogen-bond donors (Lipinski definition) is 5. The molecule has 0 saturated carbocycles. The summed E-state index contributed by atoms with van der Waals surface area (Å²) in [5, 5.41) is 19.7. The van der Waals surface area contributed by atoms with Gasteiger partial charge in [0.25, 0.3) is 0 Å². The highest BCUT2D eigenvalue weighted by molar-refractivity contribution is 5.86. The van der Waals surface area contributed by atoms with Gasteiger partial charge in [0.15, 0.2) is 0 Å². The largest absolute Gasteiger partial charge is 0.508 e. The first-order valence-corrected chi connectivity index (χ1v) is 16.3. The molecule has 11 nitrogen and oxygen atoms in total. The van der Waals surface area contributed by atoms with Crippen LogP contribution in [0.2, 0.25) is 0 Å². The Balaban J connectivity index is 0.000000306. The summed E-state index contributed by atoms with van der Waals surface area (Å²) in [6, 6.07) is 47.1. The summed E-state index contributed by atoms with van der Waals surface area (Å²) < 4.78 is 0. The summed E-state index contributed by atoms with van der Waals surface area (Å²) in [5.74, 6) is 0.498. The van der Waals surface area contributed by atoms with E-state index < -0.39 is 5.41 Å². The number of H-pyrrole nitrogens is 3. The van der Waals surface area contributed by atoms with Gasteiger partial charge in [-0.05, 0) is 96.6 Å². The Labute approximate surface area is 311 Å². The quantitative estimate of drug-likeness (QED) is 0.164. The van der Waals surface area contributed by atoms with Crippen LogP contribution in [-0.4, -0.2) is 41.6 Å². The number of aromatic hydroxyl groups is 2. The van der Waals surface area contributed by atoms with E-state index in [9.17, 15) is 24.6 Å². The standard InChI is InChI=1S/C25H18O2.3C6H7NO.3H2O/c26-19-13-9-17(10-14-19)25(18-11-15-20(27)16-12-18)23-7-3-1-5-21(23)22-6-2-4-8-24(22)25;3*1-5-3-2-4-6(8)7-5;;;/h1-16,26-27H;3*2-4H,1H3,(H,7,8);3*1H2. The average Bonchev–Trinajstić information content (AvgIpc) is 3.41. The number of fused-ring (bicyclic) bond motifs is 3. The van der Waals surface area contributed by atoms with Crippen molar-refractivity contribution < 1.29 is 26.6 Å². The van der Waals surface area contributed by atoms with Crippen LogP contribution in [-0.2, 0) is 5.41 Å². The predicted molar refractivity (Wildman–Crippen MR) is 213 cm³/mol. The lowest BCUT2D eigenvalue weighted by Crippen LogP contribution is -2.28. The third-order valence-electron chi connectivity index (χ3n) is 8.30. The molecule has 0 bridgehead atoms. The van der Waals surface area contributed by atoms with Gasteiger partial charge in [0, 0.05) is 35.3 Å². The van der Waals surface area contributed by atoms with Crippen LogP contribution < -0.4 is 16.7 Å². The van der Waals surface area contributed by atoms with E-state index in [-0.39, 0.29) is 44.6 Å². The highest BCUT2D eigenvalue weighted by atomic mass is 16.3. The van der Waals surface area contributed by atoms with Crippen LogP contribution in [0.1, 0.15) is 39.3 Å². The second-order valence-corrected chi connectivity index (χ2v) is 12.0. The van der Waals surface area contributed by atoms with Gasteiger partial charge in [0.05, 0.1) is 5.41 Å². The zero-order chi connectivity index (χ0) is 36.4. The van der Waals surface area contributed by atoms with E-state index in [1.54, 1.807) is 42.5 Å². The fraction of sp³-hybridized carbons (Fsp3) is 0.0930. The van der Waals surface area contributed by atoms with Crippen molar-refractivity contribution in [3.63, 3.8) is 0 Å². The number of aryl methyl sites for hydroxylation is 3. The monoisotopic (exact) mass is 731 g/mol. The smallest absolute Gasteiger partial charge is 0.248 e. The zero-order valence-electron chi connectivity index (χ0n) is 30.1. The SMILES string of the molecule is Cc1cccc(=O)[nH]1.Cc1cccc(=O)[nH]1.Cc1cccc(=O)[nH]1.O.O.O.Oc1ccc(C2(c3ccc(O)cc3)c3ccccc3-c3ccccc32)cc1. The highest BCUT2D eigenvalue weighted by Gasteiger charge is 2.45. The lowest BCUT2D eigenvalue weighted by Gasteiger charge is -2.33. The molecule has 54 heavy (non-hydrogen) atoms. The number of rotatable bonds is 2. The first-order valence-electron chi connectivity index (χ1n) is 16.3. The van der Waals surface area contributed by atoms with Crippen molar-refractivity contribution in [2.75, 3.05) is 0 Å². The number of nitrogens with one attached hydrogen (secondary N) is 3. The molecule has 7 aromatic rings. The van der Waals surface area contributed by atoms with Gasteiger partial charge < -0.3 is 41.6 Å². The molecule has 11 N–H and O–H groups in total. The molecule has 8 rings (SSSR count). The van der Waals surface area contributed by atoms with Crippen molar-refractivity contribution in [1.29, 1.82) is 0 Å². The van der Waals surface area contributed by atoms with Gasteiger partial charge in [-0.1, -0.05) is 91.0 Å². The molecule has 0 atom stereocenters. The summed E-state index contributed by atoms with van der Waals surface area (Å²) in [6.45, 7) is 5.55. The molecule has 280 valence electrons. The molecule has 4 aromatic carbocycles. The van der Waals surface area contributed by atoms with E-state index in [1.165, 1.54) is 40.5 Å². The number of hydrogen-bond acceptors (Lipinski definition) is 5. The van der Waals surface area contributed by atoms with Crippen LogP contribution in [0.4, 0.5) is 0 Å². The maximum atomic E-state index is 10.4. The van der Waals surface area contributed by atoms with Crippen LogP contribution in [0.15, 0.2) is 166 Å². The molecular weight excluding hydrogens is 686 g/mol. The van der Waals surface area contributed by atoms with Gasteiger partial charge in [0.2, 0.25) is 16.7 Å². The van der Waals surface area contributed by atoms with Gasteiger partial charge in [-0.15, -0.1) is 0 Å². The normalized spacial score (nSPS) is 10.9. The van der Waals surface area contributed by atoms with Gasteiger partial charge >= 0.3 is 0 Å². The number of aromatic amines is 3. The van der Waals surface area contributed by atoms with Gasteiger partial charge in [-0.25, -0.2) is 0 Å². The second-order valence-electron chi connectivity index (χ2n) is 12.0. The van der Waals surface area contributed by atoms with Crippen LogP contribution in [0.5, 0.6) is 11.5 Å². The van der Waals surface area contributed by atoms with Gasteiger partial charge in [-0.3, -0.25) is 14.4 Å². The lowest BCUT2D eigenvalue weighted by molar-refractivity contribution is 0.474. The van der Waals surface area contributed by atoms with Crippen LogP contribution in [0.3, 0.4) is 0 Å². The summed E-state index contributed by atoms with van der Waals surface area (Å²) in [6.07, 6.45) is 0. The minimum absolute atomic E-state index is 0. The summed E-state index contributed by atoms with van der Waals surface area (Å²) in [4.78, 5) is 39.1. The topological polar surface area (TPSA) is 234 Å². The first kappa shape index (κ1) is 43.4. The Morgan fingerprint density at radius 1 is 0.389 bits per heavy atom. The number of phenolic OH excluding ortho intramolecular Hbond substituents is 2. The van der Waals surface area contributed by atoms with Gasteiger partial charge in [-0.2, -0.15) is 0 Å². The Hall–Kier alpha value is -6.79. The third-order valence-corrected chi connectivity index (χ3v) is 8.30. The zero-order valence-corrected chi connectivity index (χ0v) is 30.1. The average molecular weight is 732 g/mol. The first-order chi connectivity index (χ1) is 24.6. The fourth-order valence-corrected chi connectivity index (χ4v) is 6.12. The summed E-state index contributed by atoms with van der Waals surface area (Å²) in [5.41, 5.74) is 9.13. The molecule has 1 aliphatic carbocycles. The molecule has 0 fully saturated rings. The molecule has 0 spiro atoms. The van der Waals surface area contributed by atoms with E-state index in [2.05, 4.69) is 63.5 Å². The number of pyridine rings is 3. The Bertz CT molecular complexity index is 2180. The second kappa shape index (κ2) is 19.7. The third kappa shape index (κ3) is 10.2. The number of phenols is 2. The van der Waals surface area contributed by atoms with Crippen molar-refractivity contribution in [1.82, 2.24) is 15.0 Å². The maximum Gasteiger partial charge on any atom is 0.248 e. The van der Waals surface area contributed by atoms with Crippen molar-refractivity contribution in [3.8, 4) is 22.6 Å². The van der Waals surface area contributed by atoms with Crippen molar-refractivity contribution in [2.24, 2.45) is 0 Å². The Kier molecular flexibility index (Phi) is 15.8. The predicted octanol–water partition coefficient (Wildman–Crippen LogP) is 5.04. The van der Waals surface area contributed by atoms with Crippen molar-refractivity contribution in [3.05, 3.63) is 222 Å². The molecule has 0 radical (unpaired) electrons. The molecule has 3 aromatic heterocycles. The minimum Gasteiger partial charge on any atom is -0.508 e. The van der Waals surface area contributed by atoms with Crippen LogP contribution in [0, 0.1) is 20.8 Å². The Morgan fingerprint density at radius 2 is 0.685 bits per heavy atom. The number of aromatic nitrogens is 3. The Morgan fingerprint density at radius 3 is 0.944 bits per heavy atom. The summed E-state index contributed by atoms with van der Waals surface area (Å²) >= 11 is 0. The van der Waals surface area contributed by atoms with Crippen LogP contribution in [0.25, 0.3) is 11.1 Å². The number of benzene rings is 4. The molecule has 0 saturated heterocycles. The van der Waals surface area contributed by atoms with Gasteiger partial charge in [0.1, 0.15) is 11.5 Å². The molecule has 1 aliphatic rings. The van der Waals surface area contributed by atoms with Crippen molar-refractivity contribution in [2.45, 2.75) is 26.2 Å². The van der Waals surface area contributed by atoms with Crippen LogP contribution >= 0.6 is 0 Å². The van der Waals surface area contributed by atoms with E-state index in [1.807, 2.05) is 63.2 Å². The molecular formula is C43H45N3O8. The molecule has 3 heterocycles. The molecule has 0 amide bonds. The van der Waals surface area contributed by atoms with E-state index in [4.69, 9.17) is 0 Å².